The molecule has 3 aromatic carbocycles. The predicted octanol–water partition coefficient (Wildman–Crippen LogP) is 5.25. The van der Waals surface area contributed by atoms with Crippen molar-refractivity contribution in [1.29, 1.82) is 0 Å². The number of aromatic hydroxyl groups is 1. The molecule has 0 atom stereocenters. The molecule has 3 rings (SSSR count). The quantitative estimate of drug-likeness (QED) is 0.156. The molecule has 0 aliphatic carbocycles. The first-order chi connectivity index (χ1) is 13.7. The molecule has 3 aromatic rings. The maximum atomic E-state index is 11.4. The highest BCUT2D eigenvalue weighted by molar-refractivity contribution is 7.94. The van der Waals surface area contributed by atoms with Crippen LogP contribution in [0.15, 0.2) is 62.5 Å². The van der Waals surface area contributed by atoms with Gasteiger partial charge in [0.15, 0.2) is 5.75 Å². The van der Waals surface area contributed by atoms with Gasteiger partial charge in [-0.2, -0.15) is 13.5 Å². The second kappa shape index (κ2) is 8.45. The van der Waals surface area contributed by atoms with E-state index >= 15 is 0 Å². The summed E-state index contributed by atoms with van der Waals surface area (Å²) in [7, 11) is -4.43. The van der Waals surface area contributed by atoms with Crippen LogP contribution in [0.1, 0.15) is 11.1 Å². The molecular formula is C18H16N2O7S2. The van der Waals surface area contributed by atoms with Crippen molar-refractivity contribution in [3.05, 3.63) is 53.6 Å². The van der Waals surface area contributed by atoms with E-state index in [0.29, 0.717) is 17.7 Å². The van der Waals surface area contributed by atoms with Gasteiger partial charge in [-0.05, 0) is 55.1 Å². The third-order valence-corrected chi connectivity index (χ3v) is 5.55. The normalized spacial score (nSPS) is 12.1. The van der Waals surface area contributed by atoms with Crippen LogP contribution < -0.4 is 0 Å². The number of phenolic OH excluding ortho intramolecular Hbond substituents is 1. The summed E-state index contributed by atoms with van der Waals surface area (Å²) in [4.78, 5) is -0.158. The Balaban J connectivity index is 2.15. The standard InChI is InChI=1S/C18H16N2O7S2/c1-10-3-6-15(11(2)7-10)19-20-17-16(28-27-26-22)9-12-8-13(29(23,24)25)4-5-14(12)18(17)21/h3-9,21-22H,1-2H3,(H,23,24,25). The molecule has 0 saturated heterocycles. The Morgan fingerprint density at radius 1 is 1.03 bits per heavy atom. The number of fused-ring (bicyclic) bond motifs is 1. The topological polar surface area (TPSA) is 138 Å². The molecular weight excluding hydrogens is 420 g/mol. The summed E-state index contributed by atoms with van der Waals surface area (Å²) >= 11 is 0.533. The van der Waals surface area contributed by atoms with Crippen molar-refractivity contribution in [2.45, 2.75) is 23.6 Å². The fourth-order valence-electron chi connectivity index (χ4n) is 2.72. The predicted molar refractivity (Wildman–Crippen MR) is 106 cm³/mol. The average Bonchev–Trinajstić information content (AvgIpc) is 2.66. The zero-order valence-corrected chi connectivity index (χ0v) is 16.9. The molecule has 9 nitrogen and oxygen atoms in total. The van der Waals surface area contributed by atoms with E-state index in [9.17, 15) is 18.1 Å². The summed E-state index contributed by atoms with van der Waals surface area (Å²) in [6.45, 7) is 3.82. The van der Waals surface area contributed by atoms with E-state index in [1.165, 1.54) is 18.2 Å². The van der Waals surface area contributed by atoms with Crippen LogP contribution in [-0.2, 0) is 19.5 Å². The van der Waals surface area contributed by atoms with Crippen molar-refractivity contribution in [3.8, 4) is 5.75 Å². The van der Waals surface area contributed by atoms with E-state index in [-0.39, 0.29) is 32.0 Å². The summed E-state index contributed by atoms with van der Waals surface area (Å²) in [6.07, 6.45) is 0. The largest absolute Gasteiger partial charge is 0.505 e. The van der Waals surface area contributed by atoms with Crippen LogP contribution in [0.4, 0.5) is 11.4 Å². The lowest BCUT2D eigenvalue weighted by molar-refractivity contribution is -0.432. The summed E-state index contributed by atoms with van der Waals surface area (Å²) in [5, 5.41) is 31.6. The minimum Gasteiger partial charge on any atom is -0.505 e. The lowest BCUT2D eigenvalue weighted by atomic mass is 10.1. The van der Waals surface area contributed by atoms with Crippen molar-refractivity contribution in [3.63, 3.8) is 0 Å². The van der Waals surface area contributed by atoms with Crippen molar-refractivity contribution >= 4 is 44.3 Å². The summed E-state index contributed by atoms with van der Waals surface area (Å²) < 4.78 is 36.4. The van der Waals surface area contributed by atoms with Gasteiger partial charge in [-0.1, -0.05) is 22.7 Å². The first kappa shape index (κ1) is 21.2. The van der Waals surface area contributed by atoms with E-state index in [0.717, 1.165) is 17.2 Å². The number of nitrogens with zero attached hydrogens (tertiary/aromatic N) is 2. The molecule has 0 bridgehead atoms. The molecule has 152 valence electrons. The van der Waals surface area contributed by atoms with Crippen molar-refractivity contribution in [2.24, 2.45) is 10.2 Å². The molecule has 0 aromatic heterocycles. The number of phenols is 1. The first-order valence-corrected chi connectivity index (χ1v) is 10.3. The van der Waals surface area contributed by atoms with Gasteiger partial charge in [-0.25, -0.2) is 5.26 Å². The van der Waals surface area contributed by atoms with Gasteiger partial charge in [0.05, 0.1) is 27.5 Å². The molecule has 3 N–H and O–H groups in total. The van der Waals surface area contributed by atoms with Crippen LogP contribution in [0.25, 0.3) is 10.8 Å². The Morgan fingerprint density at radius 3 is 2.45 bits per heavy atom. The average molecular weight is 436 g/mol. The maximum Gasteiger partial charge on any atom is 0.294 e. The van der Waals surface area contributed by atoms with E-state index in [2.05, 4.69) is 19.6 Å². The second-order valence-corrected chi connectivity index (χ2v) is 8.31. The number of benzene rings is 3. The van der Waals surface area contributed by atoms with Crippen molar-refractivity contribution in [2.75, 3.05) is 0 Å². The molecule has 0 amide bonds. The van der Waals surface area contributed by atoms with Gasteiger partial charge in [-0.3, -0.25) is 4.55 Å². The highest BCUT2D eigenvalue weighted by Gasteiger charge is 2.18. The number of hydrogen-bond acceptors (Lipinski definition) is 9. The van der Waals surface area contributed by atoms with Gasteiger partial charge in [0.2, 0.25) is 0 Å². The highest BCUT2D eigenvalue weighted by atomic mass is 32.2. The zero-order valence-electron chi connectivity index (χ0n) is 15.2. The minimum atomic E-state index is -4.43. The van der Waals surface area contributed by atoms with E-state index in [1.807, 2.05) is 26.0 Å². The number of azo groups is 1. The van der Waals surface area contributed by atoms with Crippen molar-refractivity contribution in [1.82, 2.24) is 0 Å². The molecule has 0 aliphatic rings. The van der Waals surface area contributed by atoms with Gasteiger partial charge in [-0.15, -0.1) is 9.45 Å². The Labute approximate surface area is 170 Å². The van der Waals surface area contributed by atoms with Gasteiger partial charge in [0.1, 0.15) is 5.69 Å². The zero-order chi connectivity index (χ0) is 21.2. The fourth-order valence-corrected chi connectivity index (χ4v) is 3.73. The smallest absolute Gasteiger partial charge is 0.294 e. The fraction of sp³-hybridized carbons (Fsp3) is 0.111. The maximum absolute atomic E-state index is 11.4. The number of aryl methyl sites for hydroxylation is 2. The molecule has 29 heavy (non-hydrogen) atoms. The second-order valence-electron chi connectivity index (χ2n) is 6.15. The van der Waals surface area contributed by atoms with Crippen LogP contribution >= 0.6 is 12.0 Å². The summed E-state index contributed by atoms with van der Waals surface area (Å²) in [6, 6.07) is 10.7. The molecule has 0 heterocycles. The van der Waals surface area contributed by atoms with E-state index in [4.69, 9.17) is 5.26 Å². The Bertz CT molecular complexity index is 1210. The van der Waals surface area contributed by atoms with Crippen LogP contribution in [-0.4, -0.2) is 23.3 Å². The SMILES string of the molecule is Cc1ccc(N=Nc2c(SOOO)cc3cc(S(=O)(=O)O)ccc3c2O)c(C)c1. The van der Waals surface area contributed by atoms with E-state index < -0.39 is 10.1 Å². The first-order valence-electron chi connectivity index (χ1n) is 8.11. The van der Waals surface area contributed by atoms with Gasteiger partial charge >= 0.3 is 0 Å². The highest BCUT2D eigenvalue weighted by Crippen LogP contribution is 2.44. The van der Waals surface area contributed by atoms with Crippen LogP contribution in [0.3, 0.4) is 0 Å². The third-order valence-electron chi connectivity index (χ3n) is 4.08. The molecule has 0 unspecified atom stereocenters. The monoisotopic (exact) mass is 436 g/mol. The van der Waals surface area contributed by atoms with E-state index in [1.54, 1.807) is 6.07 Å². The van der Waals surface area contributed by atoms with Crippen LogP contribution in [0.5, 0.6) is 5.75 Å². The molecule has 11 heteroatoms. The molecule has 0 radical (unpaired) electrons. The summed E-state index contributed by atoms with van der Waals surface area (Å²) in [5.41, 5.74) is 2.57. The Hall–Kier alpha value is -2.54. The number of rotatable bonds is 6. The molecule has 0 saturated carbocycles. The number of hydrogen-bond donors (Lipinski definition) is 3. The van der Waals surface area contributed by atoms with Gasteiger partial charge < -0.3 is 5.11 Å². The van der Waals surface area contributed by atoms with Crippen LogP contribution in [0.2, 0.25) is 0 Å². The minimum absolute atomic E-state index is 0.0270. The molecule has 0 spiro atoms. The van der Waals surface area contributed by atoms with Crippen molar-refractivity contribution < 1.29 is 32.7 Å². The lowest BCUT2D eigenvalue weighted by Gasteiger charge is -2.10. The lowest BCUT2D eigenvalue weighted by Crippen LogP contribution is -1.97. The molecule has 0 fully saturated rings. The van der Waals surface area contributed by atoms with Gasteiger partial charge in [0.25, 0.3) is 10.1 Å². The van der Waals surface area contributed by atoms with Gasteiger partial charge in [0, 0.05) is 5.39 Å². The van der Waals surface area contributed by atoms with Crippen LogP contribution in [0, 0.1) is 13.8 Å². The summed E-state index contributed by atoms with van der Waals surface area (Å²) in [5.74, 6) is -0.290. The third kappa shape index (κ3) is 4.72. The molecule has 0 aliphatic heterocycles. The Morgan fingerprint density at radius 2 is 1.79 bits per heavy atom. The Kier molecular flexibility index (Phi) is 6.17.